The van der Waals surface area contributed by atoms with E-state index in [4.69, 9.17) is 14.5 Å². The topological polar surface area (TPSA) is 54.9 Å². The summed E-state index contributed by atoms with van der Waals surface area (Å²) in [5.74, 6) is 3.43. The Balaban J connectivity index is 1.53. The molecule has 2 aliphatic rings. The summed E-state index contributed by atoms with van der Waals surface area (Å²) in [6.45, 7) is 4.82. The molecule has 144 valence electrons. The highest BCUT2D eigenvalue weighted by atomic mass is 16.5. The normalized spacial score (nSPS) is 18.8. The largest absolute Gasteiger partial charge is 0.493 e. The molecule has 1 aromatic rings. The van der Waals surface area contributed by atoms with Crippen molar-refractivity contribution >= 4 is 5.96 Å². The number of benzene rings is 1. The molecule has 1 aromatic carbocycles. The van der Waals surface area contributed by atoms with E-state index in [2.05, 4.69) is 23.6 Å². The molecule has 2 fully saturated rings. The SMILES string of the molecule is CCNC(=NCC1(C2CC2)CCC1)NCCc1ccc(OC)c(OC)c1. The smallest absolute Gasteiger partial charge is 0.191 e. The summed E-state index contributed by atoms with van der Waals surface area (Å²) >= 11 is 0. The molecule has 0 heterocycles. The molecule has 5 heteroatoms. The van der Waals surface area contributed by atoms with Gasteiger partial charge in [0, 0.05) is 19.6 Å². The molecule has 2 N–H and O–H groups in total. The summed E-state index contributed by atoms with van der Waals surface area (Å²) in [6.07, 6.45) is 7.86. The fourth-order valence-electron chi connectivity index (χ4n) is 3.96. The van der Waals surface area contributed by atoms with Gasteiger partial charge in [-0.3, -0.25) is 4.99 Å². The van der Waals surface area contributed by atoms with E-state index in [1.807, 2.05) is 12.1 Å². The highest BCUT2D eigenvalue weighted by molar-refractivity contribution is 5.79. The van der Waals surface area contributed by atoms with Crippen molar-refractivity contribution in [2.75, 3.05) is 33.9 Å². The molecule has 0 spiro atoms. The third-order valence-electron chi connectivity index (χ3n) is 5.84. The zero-order chi connectivity index (χ0) is 18.4. The van der Waals surface area contributed by atoms with E-state index in [-0.39, 0.29) is 0 Å². The third-order valence-corrected chi connectivity index (χ3v) is 5.84. The standard InChI is InChI=1S/C21H33N3O2/c1-4-22-20(24-15-21(11-5-12-21)17-7-8-17)23-13-10-16-6-9-18(25-2)19(14-16)26-3/h6,9,14,17H,4-5,7-8,10-13,15H2,1-3H3,(H2,22,23,24). The van der Waals surface area contributed by atoms with Crippen LogP contribution in [0.1, 0.15) is 44.6 Å². The first kappa shape index (κ1) is 18.9. The highest BCUT2D eigenvalue weighted by Crippen LogP contribution is 2.57. The van der Waals surface area contributed by atoms with Crippen molar-refractivity contribution in [1.29, 1.82) is 0 Å². The fraction of sp³-hybridized carbons (Fsp3) is 0.667. The van der Waals surface area contributed by atoms with Crippen LogP contribution >= 0.6 is 0 Å². The van der Waals surface area contributed by atoms with Gasteiger partial charge in [-0.05, 0) is 68.1 Å². The second-order valence-corrected chi connectivity index (χ2v) is 7.55. The predicted molar refractivity (Wildman–Crippen MR) is 106 cm³/mol. The lowest BCUT2D eigenvalue weighted by Crippen LogP contribution is -2.41. The van der Waals surface area contributed by atoms with Gasteiger partial charge in [-0.15, -0.1) is 0 Å². The van der Waals surface area contributed by atoms with Gasteiger partial charge >= 0.3 is 0 Å². The molecule has 0 aliphatic heterocycles. The second-order valence-electron chi connectivity index (χ2n) is 7.55. The Labute approximate surface area is 157 Å². The van der Waals surface area contributed by atoms with E-state index < -0.39 is 0 Å². The van der Waals surface area contributed by atoms with Crippen LogP contribution < -0.4 is 20.1 Å². The predicted octanol–water partition coefficient (Wildman–Crippen LogP) is 3.38. The van der Waals surface area contributed by atoms with E-state index in [1.165, 1.54) is 37.7 Å². The Bertz CT molecular complexity index is 622. The van der Waals surface area contributed by atoms with Crippen molar-refractivity contribution in [3.05, 3.63) is 23.8 Å². The molecule has 0 atom stereocenters. The van der Waals surface area contributed by atoms with Gasteiger partial charge in [-0.1, -0.05) is 12.5 Å². The van der Waals surface area contributed by atoms with E-state index >= 15 is 0 Å². The molecule has 5 nitrogen and oxygen atoms in total. The van der Waals surface area contributed by atoms with Crippen LogP contribution in [0.3, 0.4) is 0 Å². The van der Waals surface area contributed by atoms with Crippen LogP contribution in [0, 0.1) is 11.3 Å². The number of ether oxygens (including phenoxy) is 2. The maximum absolute atomic E-state index is 5.38. The Hall–Kier alpha value is -1.91. The van der Waals surface area contributed by atoms with Crippen LogP contribution in [-0.2, 0) is 6.42 Å². The number of rotatable bonds is 9. The van der Waals surface area contributed by atoms with Crippen molar-refractivity contribution in [3.63, 3.8) is 0 Å². The summed E-state index contributed by atoms with van der Waals surface area (Å²) in [5.41, 5.74) is 1.74. The molecular formula is C21H33N3O2. The molecule has 0 aromatic heterocycles. The molecule has 2 saturated carbocycles. The molecule has 2 aliphatic carbocycles. The number of guanidine groups is 1. The van der Waals surface area contributed by atoms with Gasteiger partial charge in [0.25, 0.3) is 0 Å². The number of nitrogens with zero attached hydrogens (tertiary/aromatic N) is 1. The maximum Gasteiger partial charge on any atom is 0.191 e. The van der Waals surface area contributed by atoms with Crippen LogP contribution in [0.15, 0.2) is 23.2 Å². The van der Waals surface area contributed by atoms with E-state index in [1.54, 1.807) is 14.2 Å². The lowest BCUT2D eigenvalue weighted by atomic mass is 9.65. The van der Waals surface area contributed by atoms with Gasteiger partial charge in [0.2, 0.25) is 0 Å². The number of methoxy groups -OCH3 is 2. The van der Waals surface area contributed by atoms with Gasteiger partial charge in [-0.2, -0.15) is 0 Å². The zero-order valence-corrected chi connectivity index (χ0v) is 16.4. The first-order valence-electron chi connectivity index (χ1n) is 9.94. The molecule has 3 rings (SSSR count). The Morgan fingerprint density at radius 3 is 2.50 bits per heavy atom. The summed E-state index contributed by atoms with van der Waals surface area (Å²) in [5, 5.41) is 6.87. The summed E-state index contributed by atoms with van der Waals surface area (Å²) in [7, 11) is 3.33. The fourth-order valence-corrected chi connectivity index (χ4v) is 3.96. The zero-order valence-electron chi connectivity index (χ0n) is 16.4. The van der Waals surface area contributed by atoms with Crippen molar-refractivity contribution in [2.45, 2.75) is 45.4 Å². The van der Waals surface area contributed by atoms with Crippen molar-refractivity contribution < 1.29 is 9.47 Å². The number of hydrogen-bond donors (Lipinski definition) is 2. The number of nitrogens with one attached hydrogen (secondary N) is 2. The van der Waals surface area contributed by atoms with Gasteiger partial charge in [0.1, 0.15) is 0 Å². The van der Waals surface area contributed by atoms with Crippen LogP contribution in [-0.4, -0.2) is 39.8 Å². The minimum atomic E-state index is 0.520. The first-order valence-corrected chi connectivity index (χ1v) is 9.94. The Kier molecular flexibility index (Phi) is 6.28. The minimum absolute atomic E-state index is 0.520. The van der Waals surface area contributed by atoms with Crippen LogP contribution in [0.25, 0.3) is 0 Å². The monoisotopic (exact) mass is 359 g/mol. The Morgan fingerprint density at radius 1 is 1.15 bits per heavy atom. The third kappa shape index (κ3) is 4.43. The van der Waals surface area contributed by atoms with Crippen LogP contribution in [0.4, 0.5) is 0 Å². The maximum atomic E-state index is 5.38. The Morgan fingerprint density at radius 2 is 1.92 bits per heavy atom. The van der Waals surface area contributed by atoms with Crippen LogP contribution in [0.2, 0.25) is 0 Å². The summed E-state index contributed by atoms with van der Waals surface area (Å²) < 4.78 is 10.7. The lowest BCUT2D eigenvalue weighted by Gasteiger charge is -2.41. The molecule has 0 amide bonds. The van der Waals surface area contributed by atoms with E-state index in [0.717, 1.165) is 49.4 Å². The second kappa shape index (κ2) is 8.65. The van der Waals surface area contributed by atoms with Crippen molar-refractivity contribution in [2.24, 2.45) is 16.3 Å². The number of aliphatic imine (C=N–C) groups is 1. The molecule has 0 saturated heterocycles. The average Bonchev–Trinajstić information content (AvgIpc) is 3.46. The van der Waals surface area contributed by atoms with E-state index in [9.17, 15) is 0 Å². The lowest BCUT2D eigenvalue weighted by molar-refractivity contribution is 0.113. The summed E-state index contributed by atoms with van der Waals surface area (Å²) in [4.78, 5) is 4.91. The minimum Gasteiger partial charge on any atom is -0.493 e. The van der Waals surface area contributed by atoms with Gasteiger partial charge in [0.05, 0.1) is 14.2 Å². The molecule has 0 unspecified atom stereocenters. The van der Waals surface area contributed by atoms with Gasteiger partial charge < -0.3 is 20.1 Å². The van der Waals surface area contributed by atoms with Gasteiger partial charge in [-0.25, -0.2) is 0 Å². The first-order chi connectivity index (χ1) is 12.7. The number of hydrogen-bond acceptors (Lipinski definition) is 3. The highest BCUT2D eigenvalue weighted by Gasteiger charge is 2.48. The average molecular weight is 360 g/mol. The van der Waals surface area contributed by atoms with E-state index in [0.29, 0.717) is 5.41 Å². The van der Waals surface area contributed by atoms with Gasteiger partial charge in [0.15, 0.2) is 17.5 Å². The molecular weight excluding hydrogens is 326 g/mol. The molecule has 26 heavy (non-hydrogen) atoms. The quantitative estimate of drug-likeness (QED) is 0.524. The molecule has 0 radical (unpaired) electrons. The van der Waals surface area contributed by atoms with Crippen molar-refractivity contribution in [3.8, 4) is 11.5 Å². The van der Waals surface area contributed by atoms with Crippen molar-refractivity contribution in [1.82, 2.24) is 10.6 Å². The summed E-state index contributed by atoms with van der Waals surface area (Å²) in [6, 6.07) is 6.09. The van der Waals surface area contributed by atoms with Crippen LogP contribution in [0.5, 0.6) is 11.5 Å². The molecule has 0 bridgehead atoms.